The van der Waals surface area contributed by atoms with Gasteiger partial charge in [-0.25, -0.2) is 4.98 Å². The van der Waals surface area contributed by atoms with Crippen molar-refractivity contribution in [2.45, 2.75) is 19.8 Å². The van der Waals surface area contributed by atoms with Gasteiger partial charge in [-0.15, -0.1) is 0 Å². The molecule has 3 aromatic rings. The Morgan fingerprint density at radius 3 is 2.62 bits per heavy atom. The van der Waals surface area contributed by atoms with E-state index in [0.29, 0.717) is 16.7 Å². The van der Waals surface area contributed by atoms with E-state index >= 15 is 0 Å². The molecular formula is C18H15Br2N3O. The molecule has 0 unspecified atom stereocenters. The van der Waals surface area contributed by atoms with E-state index in [1.165, 1.54) is 4.68 Å². The van der Waals surface area contributed by atoms with Crippen LogP contribution in [0.3, 0.4) is 0 Å². The van der Waals surface area contributed by atoms with Gasteiger partial charge in [-0.1, -0.05) is 63.9 Å². The molecule has 0 aliphatic heterocycles. The first kappa shape index (κ1) is 17.0. The average Bonchev–Trinajstić information content (AvgIpc) is 2.55. The van der Waals surface area contributed by atoms with Gasteiger partial charge < -0.3 is 0 Å². The number of benzene rings is 2. The van der Waals surface area contributed by atoms with E-state index in [1.54, 1.807) is 12.3 Å². The van der Waals surface area contributed by atoms with Gasteiger partial charge >= 0.3 is 0 Å². The number of halogens is 2. The number of fused-ring (bicyclic) bond motifs is 1. The van der Waals surface area contributed by atoms with E-state index in [1.807, 2.05) is 50.2 Å². The van der Waals surface area contributed by atoms with E-state index in [-0.39, 0.29) is 11.5 Å². The predicted molar refractivity (Wildman–Crippen MR) is 105 cm³/mol. The first-order valence-corrected chi connectivity index (χ1v) is 9.07. The van der Waals surface area contributed by atoms with Gasteiger partial charge in [0.05, 0.1) is 17.1 Å². The Hall–Kier alpha value is -1.79. The van der Waals surface area contributed by atoms with Crippen LogP contribution < -0.4 is 5.56 Å². The van der Waals surface area contributed by atoms with Gasteiger partial charge in [-0.2, -0.15) is 9.78 Å². The summed E-state index contributed by atoms with van der Waals surface area (Å²) < 4.78 is 3.15. The van der Waals surface area contributed by atoms with E-state index in [4.69, 9.17) is 0 Å². The summed E-state index contributed by atoms with van der Waals surface area (Å²) in [6.45, 7) is 3.99. The van der Waals surface area contributed by atoms with Crippen molar-refractivity contribution in [3.8, 4) is 0 Å². The van der Waals surface area contributed by atoms with Crippen LogP contribution in [-0.4, -0.2) is 15.9 Å². The molecule has 122 valence electrons. The van der Waals surface area contributed by atoms with Crippen LogP contribution in [0.25, 0.3) is 10.9 Å². The fourth-order valence-corrected chi connectivity index (χ4v) is 3.10. The molecule has 0 saturated heterocycles. The van der Waals surface area contributed by atoms with Crippen molar-refractivity contribution in [3.63, 3.8) is 0 Å². The standard InChI is InChI=1S/C18H15Br2N3O/c1-11(2)17-22-16-8-7-13(19)9-14(16)18(24)23(17)21-10-12-5-3-4-6-15(12)20/h3-11H,1-2H3. The van der Waals surface area contributed by atoms with Crippen molar-refractivity contribution in [2.24, 2.45) is 5.10 Å². The predicted octanol–water partition coefficient (Wildman–Crippen LogP) is 4.93. The van der Waals surface area contributed by atoms with Crippen LogP contribution in [0.15, 0.2) is 61.3 Å². The highest BCUT2D eigenvalue weighted by molar-refractivity contribution is 9.10. The molecular weight excluding hydrogens is 434 g/mol. The molecule has 3 rings (SSSR count). The van der Waals surface area contributed by atoms with E-state index in [2.05, 4.69) is 41.9 Å². The third-order valence-electron chi connectivity index (χ3n) is 3.57. The Labute approximate surface area is 156 Å². The highest BCUT2D eigenvalue weighted by atomic mass is 79.9. The van der Waals surface area contributed by atoms with Crippen LogP contribution in [0.1, 0.15) is 31.2 Å². The smallest absolute Gasteiger partial charge is 0.267 e. The van der Waals surface area contributed by atoms with Crippen LogP contribution in [0, 0.1) is 0 Å². The van der Waals surface area contributed by atoms with Crippen molar-refractivity contribution < 1.29 is 0 Å². The average molecular weight is 449 g/mol. The third kappa shape index (κ3) is 3.35. The molecule has 0 aliphatic rings. The molecule has 0 amide bonds. The number of aromatic nitrogens is 2. The summed E-state index contributed by atoms with van der Waals surface area (Å²) in [5.74, 6) is 0.709. The summed E-state index contributed by atoms with van der Waals surface area (Å²) in [5.41, 5.74) is 1.40. The molecule has 0 saturated carbocycles. The molecule has 1 aromatic heterocycles. The Morgan fingerprint density at radius 2 is 1.92 bits per heavy atom. The first-order chi connectivity index (χ1) is 11.5. The zero-order valence-electron chi connectivity index (χ0n) is 13.2. The minimum Gasteiger partial charge on any atom is -0.267 e. The van der Waals surface area contributed by atoms with Crippen LogP contribution >= 0.6 is 31.9 Å². The van der Waals surface area contributed by atoms with Crippen molar-refractivity contribution >= 4 is 49.0 Å². The zero-order chi connectivity index (χ0) is 17.3. The highest BCUT2D eigenvalue weighted by Gasteiger charge is 2.13. The number of hydrogen-bond donors (Lipinski definition) is 0. The molecule has 4 nitrogen and oxygen atoms in total. The molecule has 1 heterocycles. The summed E-state index contributed by atoms with van der Waals surface area (Å²) in [6.07, 6.45) is 1.67. The first-order valence-electron chi connectivity index (χ1n) is 7.48. The van der Waals surface area contributed by atoms with Crippen molar-refractivity contribution in [1.82, 2.24) is 9.66 Å². The second-order valence-corrected chi connectivity index (χ2v) is 7.44. The number of nitrogens with zero attached hydrogens (tertiary/aromatic N) is 3. The minimum absolute atomic E-state index is 0.0714. The molecule has 0 bridgehead atoms. The van der Waals surface area contributed by atoms with E-state index in [0.717, 1.165) is 14.5 Å². The Bertz CT molecular complexity index is 993. The maximum absolute atomic E-state index is 12.9. The molecule has 6 heteroatoms. The van der Waals surface area contributed by atoms with Gasteiger partial charge in [0.15, 0.2) is 0 Å². The molecule has 0 atom stereocenters. The largest absolute Gasteiger partial charge is 0.282 e. The van der Waals surface area contributed by atoms with Gasteiger partial charge in [-0.3, -0.25) is 4.79 Å². The van der Waals surface area contributed by atoms with Crippen LogP contribution in [0.5, 0.6) is 0 Å². The molecule has 0 spiro atoms. The van der Waals surface area contributed by atoms with Crippen molar-refractivity contribution in [2.75, 3.05) is 0 Å². The van der Waals surface area contributed by atoms with Crippen LogP contribution in [0.4, 0.5) is 0 Å². The quantitative estimate of drug-likeness (QED) is 0.533. The van der Waals surface area contributed by atoms with Gasteiger partial charge in [0.2, 0.25) is 0 Å². The van der Waals surface area contributed by atoms with E-state index < -0.39 is 0 Å². The second kappa shape index (κ2) is 6.99. The van der Waals surface area contributed by atoms with Gasteiger partial charge in [-0.05, 0) is 24.3 Å². The summed E-state index contributed by atoms with van der Waals surface area (Å²) in [5, 5.41) is 4.95. The molecule has 0 N–H and O–H groups in total. The molecule has 0 aliphatic carbocycles. The zero-order valence-corrected chi connectivity index (χ0v) is 16.4. The third-order valence-corrected chi connectivity index (χ3v) is 4.78. The maximum atomic E-state index is 12.9. The monoisotopic (exact) mass is 447 g/mol. The molecule has 0 fully saturated rings. The van der Waals surface area contributed by atoms with Gasteiger partial charge in [0.25, 0.3) is 5.56 Å². The fourth-order valence-electron chi connectivity index (χ4n) is 2.35. The summed E-state index contributed by atoms with van der Waals surface area (Å²) in [6, 6.07) is 13.2. The number of hydrogen-bond acceptors (Lipinski definition) is 3. The number of rotatable bonds is 3. The normalized spacial score (nSPS) is 11.7. The van der Waals surface area contributed by atoms with E-state index in [9.17, 15) is 4.79 Å². The Morgan fingerprint density at radius 1 is 1.17 bits per heavy atom. The summed E-state index contributed by atoms with van der Waals surface area (Å²) in [4.78, 5) is 17.5. The Balaban J connectivity index is 2.22. The van der Waals surface area contributed by atoms with Crippen molar-refractivity contribution in [1.29, 1.82) is 0 Å². The lowest BCUT2D eigenvalue weighted by Gasteiger charge is -2.12. The Kier molecular flexibility index (Phi) is 4.96. The fraction of sp³-hybridized carbons (Fsp3) is 0.167. The van der Waals surface area contributed by atoms with Gasteiger partial charge in [0, 0.05) is 20.4 Å². The van der Waals surface area contributed by atoms with Crippen LogP contribution in [-0.2, 0) is 0 Å². The second-order valence-electron chi connectivity index (χ2n) is 5.67. The lowest BCUT2D eigenvalue weighted by atomic mass is 10.2. The summed E-state index contributed by atoms with van der Waals surface area (Å²) >= 11 is 6.89. The molecule has 24 heavy (non-hydrogen) atoms. The highest BCUT2D eigenvalue weighted by Crippen LogP contribution is 2.19. The molecule has 2 aromatic carbocycles. The maximum Gasteiger partial charge on any atom is 0.282 e. The lowest BCUT2D eigenvalue weighted by Crippen LogP contribution is -2.23. The van der Waals surface area contributed by atoms with Crippen molar-refractivity contribution in [3.05, 3.63) is 73.2 Å². The molecule has 0 radical (unpaired) electrons. The van der Waals surface area contributed by atoms with Crippen LogP contribution in [0.2, 0.25) is 0 Å². The minimum atomic E-state index is -0.173. The SMILES string of the molecule is CC(C)c1nc2ccc(Br)cc2c(=O)n1N=Cc1ccccc1Br. The topological polar surface area (TPSA) is 47.2 Å². The lowest BCUT2D eigenvalue weighted by molar-refractivity contribution is 0.665. The van der Waals surface area contributed by atoms with Gasteiger partial charge in [0.1, 0.15) is 5.82 Å². The summed E-state index contributed by atoms with van der Waals surface area (Å²) in [7, 11) is 0.